The molecule has 1 aliphatic carbocycles. The summed E-state index contributed by atoms with van der Waals surface area (Å²) in [7, 11) is 0. The van der Waals surface area contributed by atoms with Gasteiger partial charge in [0.15, 0.2) is 11.6 Å². The van der Waals surface area contributed by atoms with Crippen LogP contribution in [-0.2, 0) is 37.1 Å². The minimum absolute atomic E-state index is 0.0264. The predicted molar refractivity (Wildman–Crippen MR) is 195 cm³/mol. The lowest BCUT2D eigenvalue weighted by atomic mass is 9.95. The fourth-order valence-electron chi connectivity index (χ4n) is 6.88. The summed E-state index contributed by atoms with van der Waals surface area (Å²) in [5.41, 5.74) is 2.86. The standard InChI is InChI=1S/C39H40F2N8O7/c1-3-21(2)33(44-36(52)27-15-9-14-25-24-12-7-8-13-26(24)34(50)32(25)27)39(55)49-19-23(56-20-22-10-5-4-6-11-22)16-29(49)37(53)43-28(17-30(40)41)35(51)38(54)42-18-31-45-47-48-46-31/h4-15,21,23,28-30,33H,3,16-20H2,1-2H3,(H,42,54)(H,43,53)(H,44,52)(H,45,46,47,48)/t21-,23-,28+,29+,33+/m1/s1. The van der Waals surface area contributed by atoms with E-state index in [-0.39, 0.29) is 48.9 Å². The number of alkyl halides is 2. The zero-order valence-corrected chi connectivity index (χ0v) is 30.5. The second-order valence-electron chi connectivity index (χ2n) is 13.7. The Morgan fingerprint density at radius 1 is 0.946 bits per heavy atom. The lowest BCUT2D eigenvalue weighted by molar-refractivity contribution is -0.143. The Kier molecular flexibility index (Phi) is 12.3. The van der Waals surface area contributed by atoms with Crippen LogP contribution in [-0.4, -0.2) is 97.9 Å². The molecule has 15 nitrogen and oxygen atoms in total. The van der Waals surface area contributed by atoms with Crippen LogP contribution < -0.4 is 16.0 Å². The smallest absolute Gasteiger partial charge is 0.289 e. The average Bonchev–Trinajstić information content (AvgIpc) is 3.96. The molecule has 0 radical (unpaired) electrons. The van der Waals surface area contributed by atoms with Crippen molar-refractivity contribution in [2.24, 2.45) is 5.92 Å². The first-order valence-corrected chi connectivity index (χ1v) is 18.1. The van der Waals surface area contributed by atoms with E-state index < -0.39 is 72.4 Å². The Morgan fingerprint density at radius 2 is 1.66 bits per heavy atom. The number of carbonyl (C=O) groups is 6. The maximum atomic E-state index is 14.6. The molecule has 0 saturated carbocycles. The zero-order chi connectivity index (χ0) is 39.9. The summed E-state index contributed by atoms with van der Waals surface area (Å²) >= 11 is 0. The second kappa shape index (κ2) is 17.5. The van der Waals surface area contributed by atoms with Crippen LogP contribution in [0.15, 0.2) is 72.8 Å². The van der Waals surface area contributed by atoms with E-state index in [1.165, 1.54) is 11.0 Å². The Morgan fingerprint density at radius 3 is 2.36 bits per heavy atom. The molecule has 0 unspecified atom stereocenters. The van der Waals surface area contributed by atoms with Crippen LogP contribution in [0.3, 0.4) is 0 Å². The Labute approximate surface area is 319 Å². The number of aromatic nitrogens is 4. The second-order valence-corrected chi connectivity index (χ2v) is 13.7. The van der Waals surface area contributed by atoms with Gasteiger partial charge in [0, 0.05) is 30.5 Å². The first kappa shape index (κ1) is 39.5. The number of Topliss-reactive ketones (excluding diaryl/α,β-unsaturated/α-hetero) is 1. The van der Waals surface area contributed by atoms with E-state index >= 15 is 0 Å². The molecule has 1 aromatic heterocycles. The van der Waals surface area contributed by atoms with E-state index in [0.717, 1.165) is 5.56 Å². The summed E-state index contributed by atoms with van der Waals surface area (Å²) in [6, 6.07) is 16.6. The first-order chi connectivity index (χ1) is 27.0. The number of tetrazole rings is 1. The minimum atomic E-state index is -3.08. The number of fused-ring (bicyclic) bond motifs is 3. The zero-order valence-electron chi connectivity index (χ0n) is 30.5. The molecule has 17 heteroatoms. The van der Waals surface area contributed by atoms with E-state index in [2.05, 4.69) is 36.6 Å². The fourth-order valence-corrected chi connectivity index (χ4v) is 6.88. The fraction of sp³-hybridized carbons (Fsp3) is 0.359. The van der Waals surface area contributed by atoms with Gasteiger partial charge < -0.3 is 25.6 Å². The number of benzene rings is 3. The van der Waals surface area contributed by atoms with Crippen LogP contribution in [0.25, 0.3) is 11.1 Å². The van der Waals surface area contributed by atoms with Gasteiger partial charge in [-0.15, -0.1) is 10.2 Å². The molecule has 2 heterocycles. The normalized spacial score (nSPS) is 17.4. The summed E-state index contributed by atoms with van der Waals surface area (Å²) in [6.45, 7) is 3.26. The third kappa shape index (κ3) is 8.67. The van der Waals surface area contributed by atoms with Gasteiger partial charge >= 0.3 is 0 Å². The van der Waals surface area contributed by atoms with Gasteiger partial charge in [-0.2, -0.15) is 5.21 Å². The summed E-state index contributed by atoms with van der Waals surface area (Å²) < 4.78 is 33.6. The van der Waals surface area contributed by atoms with Gasteiger partial charge in [-0.25, -0.2) is 8.78 Å². The lowest BCUT2D eigenvalue weighted by Crippen LogP contribution is -2.57. The molecule has 4 N–H and O–H groups in total. The van der Waals surface area contributed by atoms with Crippen molar-refractivity contribution in [1.29, 1.82) is 0 Å². The summed E-state index contributed by atoms with van der Waals surface area (Å²) in [6.07, 6.45) is -4.62. The van der Waals surface area contributed by atoms with Gasteiger partial charge in [-0.1, -0.05) is 92.2 Å². The van der Waals surface area contributed by atoms with Crippen LogP contribution in [0.5, 0.6) is 0 Å². The molecular weight excluding hydrogens is 730 g/mol. The molecule has 1 saturated heterocycles. The molecule has 0 bridgehead atoms. The molecular formula is C39H40F2N8O7. The number of halogens is 2. The van der Waals surface area contributed by atoms with Gasteiger partial charge in [-0.05, 0) is 28.7 Å². The number of hydrogen-bond donors (Lipinski definition) is 4. The van der Waals surface area contributed by atoms with Crippen molar-refractivity contribution >= 4 is 35.2 Å². The van der Waals surface area contributed by atoms with E-state index in [0.29, 0.717) is 23.1 Å². The molecule has 3 aromatic carbocycles. The number of nitrogens with one attached hydrogen (secondary N) is 4. The van der Waals surface area contributed by atoms with Crippen LogP contribution in [0.2, 0.25) is 0 Å². The number of rotatable bonds is 16. The average molecular weight is 771 g/mol. The quantitative estimate of drug-likeness (QED) is 0.108. The van der Waals surface area contributed by atoms with Crippen LogP contribution in [0.4, 0.5) is 8.78 Å². The van der Waals surface area contributed by atoms with E-state index in [1.54, 1.807) is 43.3 Å². The number of H-pyrrole nitrogens is 1. The molecule has 292 valence electrons. The van der Waals surface area contributed by atoms with Crippen LogP contribution in [0, 0.1) is 5.92 Å². The number of hydrogen-bond acceptors (Lipinski definition) is 10. The summed E-state index contributed by atoms with van der Waals surface area (Å²) in [5, 5.41) is 20.1. The molecule has 56 heavy (non-hydrogen) atoms. The number of nitrogens with zero attached hydrogens (tertiary/aromatic N) is 4. The van der Waals surface area contributed by atoms with Crippen molar-refractivity contribution in [2.75, 3.05) is 6.54 Å². The SMILES string of the molecule is CC[C@@H](C)[C@H](NC(=O)c1cccc2c1C(=O)c1ccccc1-2)C(=O)N1C[C@H](OCc2ccccc2)C[C@H]1C(=O)N[C@@H](CC(F)F)C(=O)C(=O)NCc1nn[nH]n1. The molecule has 0 spiro atoms. The number of aromatic amines is 1. The van der Waals surface area contributed by atoms with Crippen LogP contribution >= 0.6 is 0 Å². The Hall–Kier alpha value is -6.23. The van der Waals surface area contributed by atoms with Crippen LogP contribution in [0.1, 0.15) is 70.8 Å². The minimum Gasteiger partial charge on any atom is -0.372 e. The molecule has 4 amide bonds. The highest BCUT2D eigenvalue weighted by atomic mass is 19.3. The monoisotopic (exact) mass is 770 g/mol. The number of carbonyl (C=O) groups excluding carboxylic acids is 6. The largest absolute Gasteiger partial charge is 0.372 e. The molecule has 5 atom stereocenters. The number of likely N-dealkylation sites (tertiary alicyclic amines) is 1. The van der Waals surface area contributed by atoms with Crippen molar-refractivity contribution in [3.63, 3.8) is 0 Å². The molecule has 4 aromatic rings. The maximum absolute atomic E-state index is 14.6. The number of ether oxygens (including phenoxy) is 1. The number of amides is 4. The summed E-state index contributed by atoms with van der Waals surface area (Å²) in [5.74, 6) is -5.67. The lowest BCUT2D eigenvalue weighted by Gasteiger charge is -2.32. The van der Waals surface area contributed by atoms with E-state index in [1.807, 2.05) is 37.3 Å². The first-order valence-electron chi connectivity index (χ1n) is 18.1. The van der Waals surface area contributed by atoms with E-state index in [9.17, 15) is 37.5 Å². The van der Waals surface area contributed by atoms with Gasteiger partial charge in [0.05, 0.1) is 24.8 Å². The van der Waals surface area contributed by atoms with E-state index in [4.69, 9.17) is 4.74 Å². The third-order valence-electron chi connectivity index (χ3n) is 10.0. The number of ketones is 2. The molecule has 1 aliphatic heterocycles. The molecule has 1 fully saturated rings. The topological polar surface area (TPSA) is 205 Å². The van der Waals surface area contributed by atoms with Gasteiger partial charge in [0.2, 0.25) is 24.0 Å². The van der Waals surface area contributed by atoms with Crippen molar-refractivity contribution in [3.8, 4) is 11.1 Å². The summed E-state index contributed by atoms with van der Waals surface area (Å²) in [4.78, 5) is 83.0. The third-order valence-corrected chi connectivity index (χ3v) is 10.0. The van der Waals surface area contributed by atoms with Gasteiger partial charge in [0.1, 0.15) is 18.1 Å². The van der Waals surface area contributed by atoms with Gasteiger partial charge in [0.25, 0.3) is 11.8 Å². The predicted octanol–water partition coefficient (Wildman–Crippen LogP) is 2.77. The molecule has 2 aliphatic rings. The Bertz CT molecular complexity index is 2100. The maximum Gasteiger partial charge on any atom is 0.289 e. The van der Waals surface area contributed by atoms with Crippen molar-refractivity contribution in [2.45, 2.75) is 76.9 Å². The van der Waals surface area contributed by atoms with Gasteiger partial charge in [-0.3, -0.25) is 28.8 Å². The van der Waals surface area contributed by atoms with Crippen molar-refractivity contribution in [3.05, 3.63) is 101 Å². The highest BCUT2D eigenvalue weighted by Crippen LogP contribution is 2.38. The van der Waals surface area contributed by atoms with Crippen molar-refractivity contribution in [1.82, 2.24) is 41.5 Å². The highest BCUT2D eigenvalue weighted by molar-refractivity contribution is 6.38. The highest BCUT2D eigenvalue weighted by Gasteiger charge is 2.45. The Balaban J connectivity index is 1.24. The van der Waals surface area contributed by atoms with Crippen molar-refractivity contribution < 1.29 is 42.3 Å². The molecule has 6 rings (SSSR count).